The Kier molecular flexibility index (Phi) is 3.37. The maximum Gasteiger partial charge on any atom is 0.0964 e. The Balaban J connectivity index is 2.46. The van der Waals surface area contributed by atoms with Gasteiger partial charge in [-0.25, -0.2) is 0 Å². The smallest absolute Gasteiger partial charge is 0.0964 e. The first-order valence-electron chi connectivity index (χ1n) is 6.78. The first kappa shape index (κ1) is 13.3. The molecule has 3 heteroatoms. The summed E-state index contributed by atoms with van der Waals surface area (Å²) in [7, 11) is 0. The summed E-state index contributed by atoms with van der Waals surface area (Å²) in [6, 6.07) is 1.78. The van der Waals surface area contributed by atoms with Gasteiger partial charge in [0, 0.05) is 23.6 Å². The van der Waals surface area contributed by atoms with Gasteiger partial charge in [0.15, 0.2) is 0 Å². The van der Waals surface area contributed by atoms with Crippen molar-refractivity contribution in [2.75, 3.05) is 5.73 Å². The van der Waals surface area contributed by atoms with Crippen LogP contribution in [-0.4, -0.2) is 10.1 Å². The van der Waals surface area contributed by atoms with Crippen molar-refractivity contribution >= 4 is 5.69 Å². The number of nitrogen functional groups attached to an aromatic ring is 1. The van der Waals surface area contributed by atoms with Crippen LogP contribution in [0.5, 0.6) is 0 Å². The molecule has 3 nitrogen and oxygen atoms in total. The van der Waals surface area contributed by atoms with E-state index in [0.717, 1.165) is 24.8 Å². The summed E-state index contributed by atoms with van der Waals surface area (Å²) >= 11 is 0. The van der Waals surface area contributed by atoms with Crippen LogP contribution in [0.4, 0.5) is 5.69 Å². The summed E-state index contributed by atoms with van der Waals surface area (Å²) in [5, 5.41) is 11.2. The van der Waals surface area contributed by atoms with Gasteiger partial charge in [0.05, 0.1) is 5.60 Å². The van der Waals surface area contributed by atoms with Crippen molar-refractivity contribution in [1.29, 1.82) is 0 Å². The minimum absolute atomic E-state index is 0.0669. The van der Waals surface area contributed by atoms with E-state index in [4.69, 9.17) is 5.73 Å². The van der Waals surface area contributed by atoms with Crippen LogP contribution in [0.3, 0.4) is 0 Å². The lowest BCUT2D eigenvalue weighted by molar-refractivity contribution is -0.0956. The number of aromatic nitrogens is 1. The molecular formula is C15H24N2O. The Labute approximate surface area is 109 Å². The van der Waals surface area contributed by atoms with Gasteiger partial charge in [-0.1, -0.05) is 33.6 Å². The van der Waals surface area contributed by atoms with Gasteiger partial charge in [-0.2, -0.15) is 0 Å². The third-order valence-corrected chi connectivity index (χ3v) is 4.24. The van der Waals surface area contributed by atoms with Crippen LogP contribution in [0, 0.1) is 11.3 Å². The van der Waals surface area contributed by atoms with E-state index in [1.807, 2.05) is 0 Å². The lowest BCUT2D eigenvalue weighted by Crippen LogP contribution is -2.45. The van der Waals surface area contributed by atoms with Crippen LogP contribution in [0.15, 0.2) is 18.5 Å². The van der Waals surface area contributed by atoms with Crippen LogP contribution in [0.2, 0.25) is 0 Å². The molecule has 1 aliphatic carbocycles. The summed E-state index contributed by atoms with van der Waals surface area (Å²) in [4.78, 5) is 4.14. The van der Waals surface area contributed by atoms with E-state index in [2.05, 4.69) is 25.8 Å². The highest BCUT2D eigenvalue weighted by Gasteiger charge is 2.46. The standard InChI is InChI=1S/C15H24N2O/c1-14(2,3)13-6-4-5-8-15(13,18)11-10-17-9-7-12(11)16/h7,9-10,13,18H,4-6,8H2,1-3H3,(H2,16,17). The molecule has 0 radical (unpaired) electrons. The second-order valence-corrected chi connectivity index (χ2v) is 6.55. The van der Waals surface area contributed by atoms with Crippen molar-refractivity contribution in [3.63, 3.8) is 0 Å². The molecule has 100 valence electrons. The first-order chi connectivity index (χ1) is 8.36. The molecule has 0 spiro atoms. The van der Waals surface area contributed by atoms with Crippen molar-refractivity contribution in [3.8, 4) is 0 Å². The van der Waals surface area contributed by atoms with Crippen LogP contribution in [0.25, 0.3) is 0 Å². The molecule has 1 heterocycles. The van der Waals surface area contributed by atoms with E-state index >= 15 is 0 Å². The van der Waals surface area contributed by atoms with Crippen molar-refractivity contribution < 1.29 is 5.11 Å². The first-order valence-corrected chi connectivity index (χ1v) is 6.78. The molecular weight excluding hydrogens is 224 g/mol. The molecule has 1 aliphatic rings. The zero-order valence-corrected chi connectivity index (χ0v) is 11.6. The lowest BCUT2D eigenvalue weighted by Gasteiger charge is -2.47. The molecule has 0 amide bonds. The minimum atomic E-state index is -0.825. The average molecular weight is 248 g/mol. The molecule has 3 N–H and O–H groups in total. The average Bonchev–Trinajstić information content (AvgIpc) is 2.28. The molecule has 18 heavy (non-hydrogen) atoms. The highest BCUT2D eigenvalue weighted by atomic mass is 16.3. The van der Waals surface area contributed by atoms with Gasteiger partial charge in [-0.15, -0.1) is 0 Å². The number of nitrogens with zero attached hydrogens (tertiary/aromatic N) is 1. The highest BCUT2D eigenvalue weighted by Crippen LogP contribution is 2.50. The molecule has 0 aromatic carbocycles. The lowest BCUT2D eigenvalue weighted by atomic mass is 9.61. The Morgan fingerprint density at radius 1 is 1.39 bits per heavy atom. The second kappa shape index (κ2) is 4.54. The molecule has 0 saturated heterocycles. The molecule has 0 aliphatic heterocycles. The van der Waals surface area contributed by atoms with E-state index in [0.29, 0.717) is 5.69 Å². The fourth-order valence-corrected chi connectivity index (χ4v) is 3.39. The Hall–Kier alpha value is -1.09. The molecule has 1 aromatic heterocycles. The van der Waals surface area contributed by atoms with Crippen LogP contribution >= 0.6 is 0 Å². The Morgan fingerprint density at radius 3 is 2.72 bits per heavy atom. The van der Waals surface area contributed by atoms with E-state index < -0.39 is 5.60 Å². The molecule has 2 rings (SSSR count). The van der Waals surface area contributed by atoms with Crippen molar-refractivity contribution in [3.05, 3.63) is 24.0 Å². The van der Waals surface area contributed by atoms with Gasteiger partial charge in [0.1, 0.15) is 0 Å². The number of anilines is 1. The molecule has 2 atom stereocenters. The largest absolute Gasteiger partial charge is 0.398 e. The Morgan fingerprint density at radius 2 is 2.11 bits per heavy atom. The number of rotatable bonds is 1. The summed E-state index contributed by atoms with van der Waals surface area (Å²) in [5.74, 6) is 0.227. The predicted octanol–water partition coefficient (Wildman–Crippen LogP) is 3.09. The summed E-state index contributed by atoms with van der Waals surface area (Å²) in [6.07, 6.45) is 7.48. The molecule has 0 bridgehead atoms. The van der Waals surface area contributed by atoms with E-state index in [1.54, 1.807) is 18.5 Å². The summed E-state index contributed by atoms with van der Waals surface area (Å²) in [5.41, 5.74) is 6.75. The highest BCUT2D eigenvalue weighted by molar-refractivity contribution is 5.48. The van der Waals surface area contributed by atoms with Crippen LogP contribution in [-0.2, 0) is 5.60 Å². The minimum Gasteiger partial charge on any atom is -0.398 e. The van der Waals surface area contributed by atoms with Crippen LogP contribution in [0.1, 0.15) is 52.0 Å². The van der Waals surface area contributed by atoms with E-state index in [1.165, 1.54) is 6.42 Å². The predicted molar refractivity (Wildman–Crippen MR) is 74.0 cm³/mol. The normalized spacial score (nSPS) is 29.2. The molecule has 1 saturated carbocycles. The van der Waals surface area contributed by atoms with Gasteiger partial charge in [-0.3, -0.25) is 4.98 Å². The molecule has 2 unspecified atom stereocenters. The van der Waals surface area contributed by atoms with Crippen molar-refractivity contribution in [2.24, 2.45) is 11.3 Å². The molecule has 1 aromatic rings. The van der Waals surface area contributed by atoms with E-state index in [9.17, 15) is 5.11 Å². The van der Waals surface area contributed by atoms with Gasteiger partial charge in [-0.05, 0) is 30.2 Å². The number of hydrogen-bond donors (Lipinski definition) is 2. The second-order valence-electron chi connectivity index (χ2n) is 6.55. The van der Waals surface area contributed by atoms with Crippen molar-refractivity contribution in [1.82, 2.24) is 4.98 Å². The third kappa shape index (κ3) is 2.24. The monoisotopic (exact) mass is 248 g/mol. The van der Waals surface area contributed by atoms with Gasteiger partial charge >= 0.3 is 0 Å². The SMILES string of the molecule is CC(C)(C)C1CCCCC1(O)c1cnccc1N. The fraction of sp³-hybridized carbons (Fsp3) is 0.667. The van der Waals surface area contributed by atoms with Gasteiger partial charge in [0.2, 0.25) is 0 Å². The summed E-state index contributed by atoms with van der Waals surface area (Å²) in [6.45, 7) is 6.58. The van der Waals surface area contributed by atoms with E-state index in [-0.39, 0.29) is 11.3 Å². The third-order valence-electron chi connectivity index (χ3n) is 4.24. The fourth-order valence-electron chi connectivity index (χ4n) is 3.39. The maximum absolute atomic E-state index is 11.2. The van der Waals surface area contributed by atoms with Crippen molar-refractivity contribution in [2.45, 2.75) is 52.1 Å². The van der Waals surface area contributed by atoms with Gasteiger partial charge in [0.25, 0.3) is 0 Å². The summed E-state index contributed by atoms with van der Waals surface area (Å²) < 4.78 is 0. The molecule has 1 fully saturated rings. The maximum atomic E-state index is 11.2. The quantitative estimate of drug-likeness (QED) is 0.803. The zero-order valence-electron chi connectivity index (χ0n) is 11.6. The number of hydrogen-bond acceptors (Lipinski definition) is 3. The Bertz CT molecular complexity index is 425. The number of nitrogens with two attached hydrogens (primary N) is 1. The number of pyridine rings is 1. The number of aliphatic hydroxyl groups is 1. The topological polar surface area (TPSA) is 59.1 Å². The van der Waals surface area contributed by atoms with Crippen LogP contribution < -0.4 is 5.73 Å². The van der Waals surface area contributed by atoms with Gasteiger partial charge < -0.3 is 10.8 Å². The zero-order chi connectivity index (χ0) is 13.4.